The summed E-state index contributed by atoms with van der Waals surface area (Å²) < 4.78 is 67.4. The molecule has 2 aromatic heterocycles. The van der Waals surface area contributed by atoms with Gasteiger partial charge in [0.05, 0.1) is 4.90 Å². The standard InChI is InChI=1S/C41H39N9O6S2/c1-3-5-11-36-45-37(25-29-9-7-6-8-10-29)48-40(46-36)44-33-19-18-31(35(27-33)58(54,55)56)17-16-28-12-14-30(15-13-28)26-38-47-39(42-24-4-2)50-41(49-38)43-32-20-22-34(23-21-32)57(51,52)53/h3-4,6-10,12-23,27H,1-2,5,11,24-26H2,(H,51,52,53)(H,54,55,56)(H,44,45,46,48)(H2,42,43,47,49,50)/b17-16+. The van der Waals surface area contributed by atoms with E-state index in [0.29, 0.717) is 67.0 Å². The minimum atomic E-state index is -4.63. The SMILES string of the molecule is C=CCCc1nc(Cc2ccccc2)nc(Nc2ccc(/C=C/c3ccc(Cc4nc(NCC=C)nc(Nc5ccc(S(=O)(=O)O)cc5)n4)cc3)c(S(=O)(=O)O)c2)n1. The minimum absolute atomic E-state index is 0.209. The van der Waals surface area contributed by atoms with Crippen molar-refractivity contribution in [3.8, 4) is 0 Å². The molecule has 6 aromatic rings. The van der Waals surface area contributed by atoms with Gasteiger partial charge in [0.15, 0.2) is 0 Å². The highest BCUT2D eigenvalue weighted by atomic mass is 32.2. The molecule has 0 spiro atoms. The molecule has 0 amide bonds. The van der Waals surface area contributed by atoms with Gasteiger partial charge in [0.1, 0.15) is 22.4 Å². The highest BCUT2D eigenvalue weighted by Gasteiger charge is 2.17. The zero-order valence-electron chi connectivity index (χ0n) is 31.0. The van der Waals surface area contributed by atoms with E-state index in [1.807, 2.05) is 54.6 Å². The van der Waals surface area contributed by atoms with Crippen molar-refractivity contribution < 1.29 is 25.9 Å². The molecule has 2 heterocycles. The van der Waals surface area contributed by atoms with Crippen LogP contribution >= 0.6 is 0 Å². The normalized spacial score (nSPS) is 11.6. The summed E-state index contributed by atoms with van der Waals surface area (Å²) in [6, 6.07) is 27.3. The van der Waals surface area contributed by atoms with E-state index in [0.717, 1.165) is 16.7 Å². The van der Waals surface area contributed by atoms with Crippen LogP contribution in [0.5, 0.6) is 0 Å². The second-order valence-electron chi connectivity index (χ2n) is 12.8. The summed E-state index contributed by atoms with van der Waals surface area (Å²) in [7, 11) is -8.97. The Morgan fingerprint density at radius 3 is 1.84 bits per heavy atom. The third kappa shape index (κ3) is 11.7. The molecule has 5 N–H and O–H groups in total. The number of nitrogens with one attached hydrogen (secondary N) is 3. The molecule has 0 atom stereocenters. The highest BCUT2D eigenvalue weighted by molar-refractivity contribution is 7.86. The molecule has 296 valence electrons. The average Bonchev–Trinajstić information content (AvgIpc) is 3.19. The van der Waals surface area contributed by atoms with E-state index in [4.69, 9.17) is 0 Å². The van der Waals surface area contributed by atoms with Crippen molar-refractivity contribution in [2.75, 3.05) is 22.5 Å². The van der Waals surface area contributed by atoms with Crippen molar-refractivity contribution >= 4 is 61.6 Å². The second-order valence-corrected chi connectivity index (χ2v) is 15.6. The van der Waals surface area contributed by atoms with Crippen molar-refractivity contribution in [2.24, 2.45) is 0 Å². The van der Waals surface area contributed by atoms with Crippen molar-refractivity contribution in [3.05, 3.63) is 162 Å². The summed E-state index contributed by atoms with van der Waals surface area (Å²) >= 11 is 0. The lowest BCUT2D eigenvalue weighted by atomic mass is 10.1. The van der Waals surface area contributed by atoms with Crippen molar-refractivity contribution in [2.45, 2.75) is 35.5 Å². The van der Waals surface area contributed by atoms with Gasteiger partial charge in [-0.15, -0.1) is 13.2 Å². The van der Waals surface area contributed by atoms with Crippen LogP contribution in [0.3, 0.4) is 0 Å². The van der Waals surface area contributed by atoms with Gasteiger partial charge in [-0.3, -0.25) is 9.11 Å². The maximum Gasteiger partial charge on any atom is 0.295 e. The van der Waals surface area contributed by atoms with Crippen molar-refractivity contribution in [3.63, 3.8) is 0 Å². The summed E-state index contributed by atoms with van der Waals surface area (Å²) in [5.74, 6) is 2.30. The van der Waals surface area contributed by atoms with Gasteiger partial charge in [-0.1, -0.05) is 85.0 Å². The molecule has 4 aromatic carbocycles. The number of aromatic nitrogens is 6. The quantitative estimate of drug-likeness (QED) is 0.0331. The number of benzene rings is 4. The molecule has 0 saturated carbocycles. The third-order valence-corrected chi connectivity index (χ3v) is 10.1. The molecule has 15 nitrogen and oxygen atoms in total. The first kappa shape index (κ1) is 41.0. The van der Waals surface area contributed by atoms with E-state index in [1.54, 1.807) is 36.4 Å². The molecule has 0 aliphatic carbocycles. The smallest absolute Gasteiger partial charge is 0.295 e. The lowest BCUT2D eigenvalue weighted by molar-refractivity contribution is 0.481. The number of hydrogen-bond acceptors (Lipinski definition) is 13. The lowest BCUT2D eigenvalue weighted by Crippen LogP contribution is -2.10. The van der Waals surface area contributed by atoms with Gasteiger partial charge in [-0.2, -0.15) is 41.8 Å². The number of anilines is 5. The van der Waals surface area contributed by atoms with E-state index in [9.17, 15) is 25.9 Å². The van der Waals surface area contributed by atoms with Gasteiger partial charge in [-0.25, -0.2) is 4.98 Å². The fourth-order valence-corrected chi connectivity index (χ4v) is 6.77. The number of nitrogens with zero attached hydrogens (tertiary/aromatic N) is 6. The number of aryl methyl sites for hydroxylation is 1. The molecule has 0 radical (unpaired) electrons. The van der Waals surface area contributed by atoms with Crippen LogP contribution in [0.25, 0.3) is 12.2 Å². The van der Waals surface area contributed by atoms with Crippen LogP contribution in [0.1, 0.15) is 46.1 Å². The minimum Gasteiger partial charge on any atom is -0.351 e. The maximum absolute atomic E-state index is 12.6. The Hall–Kier alpha value is -6.66. The first-order chi connectivity index (χ1) is 27.8. The maximum atomic E-state index is 12.6. The topological polar surface area (TPSA) is 222 Å². The van der Waals surface area contributed by atoms with Crippen LogP contribution in [0, 0.1) is 0 Å². The van der Waals surface area contributed by atoms with Gasteiger partial charge in [-0.05, 0) is 65.1 Å². The fraction of sp³-hybridized carbons (Fsp3) is 0.122. The van der Waals surface area contributed by atoms with E-state index in [1.165, 1.54) is 30.3 Å². The summed E-state index contributed by atoms with van der Waals surface area (Å²) in [5.41, 5.74) is 3.76. The van der Waals surface area contributed by atoms with Gasteiger partial charge >= 0.3 is 0 Å². The lowest BCUT2D eigenvalue weighted by Gasteiger charge is -2.11. The Labute approximate surface area is 336 Å². The number of allylic oxidation sites excluding steroid dienone is 1. The molecular weight excluding hydrogens is 779 g/mol. The van der Waals surface area contributed by atoms with Crippen LogP contribution in [0.15, 0.2) is 132 Å². The Morgan fingerprint density at radius 2 is 1.19 bits per heavy atom. The molecule has 0 fully saturated rings. The zero-order chi connectivity index (χ0) is 41.1. The summed E-state index contributed by atoms with van der Waals surface area (Å²) in [6.45, 7) is 7.89. The average molecular weight is 818 g/mol. The highest BCUT2D eigenvalue weighted by Crippen LogP contribution is 2.25. The molecule has 0 aliphatic rings. The Bertz CT molecular complexity index is 2660. The van der Waals surface area contributed by atoms with Crippen LogP contribution in [-0.2, 0) is 39.5 Å². The molecule has 17 heteroatoms. The first-order valence-corrected chi connectivity index (χ1v) is 20.7. The zero-order valence-corrected chi connectivity index (χ0v) is 32.7. The predicted molar refractivity (Wildman–Crippen MR) is 223 cm³/mol. The Balaban J connectivity index is 1.18. The summed E-state index contributed by atoms with van der Waals surface area (Å²) in [4.78, 5) is 26.6. The number of hydrogen-bond donors (Lipinski definition) is 5. The molecule has 0 aliphatic heterocycles. The molecule has 58 heavy (non-hydrogen) atoms. The van der Waals surface area contributed by atoms with Gasteiger partial charge in [0.2, 0.25) is 17.8 Å². The Kier molecular flexibility index (Phi) is 13.1. The molecular formula is C41H39N9O6S2. The van der Waals surface area contributed by atoms with Crippen LogP contribution in [0.4, 0.5) is 29.2 Å². The molecule has 0 saturated heterocycles. The van der Waals surface area contributed by atoms with E-state index in [-0.39, 0.29) is 27.3 Å². The Morgan fingerprint density at radius 1 is 0.586 bits per heavy atom. The van der Waals surface area contributed by atoms with Crippen molar-refractivity contribution in [1.82, 2.24) is 29.9 Å². The van der Waals surface area contributed by atoms with Crippen molar-refractivity contribution in [1.29, 1.82) is 0 Å². The van der Waals surface area contributed by atoms with E-state index in [2.05, 4.69) is 59.0 Å². The monoisotopic (exact) mass is 817 g/mol. The summed E-state index contributed by atoms with van der Waals surface area (Å²) in [5, 5.41) is 9.16. The molecule has 0 unspecified atom stereocenters. The molecule has 0 bridgehead atoms. The van der Waals surface area contributed by atoms with Gasteiger partial charge in [0.25, 0.3) is 20.2 Å². The van der Waals surface area contributed by atoms with Crippen LogP contribution in [0.2, 0.25) is 0 Å². The fourth-order valence-electron chi connectivity index (χ4n) is 5.58. The van der Waals surface area contributed by atoms with Gasteiger partial charge < -0.3 is 16.0 Å². The van der Waals surface area contributed by atoms with E-state index >= 15 is 0 Å². The first-order valence-electron chi connectivity index (χ1n) is 17.8. The largest absolute Gasteiger partial charge is 0.351 e. The summed E-state index contributed by atoms with van der Waals surface area (Å²) in [6.07, 6.45) is 8.79. The van der Waals surface area contributed by atoms with Crippen LogP contribution < -0.4 is 16.0 Å². The third-order valence-electron chi connectivity index (χ3n) is 8.34. The number of rotatable bonds is 18. The molecule has 6 rings (SSSR count). The second kappa shape index (κ2) is 18.5. The predicted octanol–water partition coefficient (Wildman–Crippen LogP) is 7.11. The van der Waals surface area contributed by atoms with Gasteiger partial charge in [0, 0.05) is 37.2 Å². The van der Waals surface area contributed by atoms with E-state index < -0.39 is 20.2 Å². The van der Waals surface area contributed by atoms with Crippen LogP contribution in [-0.4, -0.2) is 62.4 Å².